The highest BCUT2D eigenvalue weighted by Gasteiger charge is 2.27. The molecule has 3 heteroatoms. The summed E-state index contributed by atoms with van der Waals surface area (Å²) in [6.45, 7) is 10.3. The normalized spacial score (nSPS) is 18.4. The summed E-state index contributed by atoms with van der Waals surface area (Å²) in [6, 6.07) is 0.800. The van der Waals surface area contributed by atoms with Crippen molar-refractivity contribution in [3.63, 3.8) is 0 Å². The molecule has 102 valence electrons. The maximum Gasteiger partial charge on any atom is 0.0700 e. The number of methoxy groups -OCH3 is 1. The Morgan fingerprint density at radius 1 is 1.18 bits per heavy atom. The number of nitrogens with one attached hydrogen (secondary N) is 1. The molecule has 0 aromatic heterocycles. The van der Waals surface area contributed by atoms with Crippen molar-refractivity contribution in [1.82, 2.24) is 5.32 Å². The lowest BCUT2D eigenvalue weighted by molar-refractivity contribution is 0.0539. The summed E-state index contributed by atoms with van der Waals surface area (Å²) in [5.74, 6) is 0.686. The molecule has 0 spiro atoms. The molecule has 1 unspecified atom stereocenters. The molecule has 1 rings (SSSR count). The Labute approximate surface area is 106 Å². The van der Waals surface area contributed by atoms with Crippen molar-refractivity contribution < 1.29 is 9.47 Å². The van der Waals surface area contributed by atoms with Gasteiger partial charge < -0.3 is 14.8 Å². The molecule has 1 N–H and O–H groups in total. The van der Waals surface area contributed by atoms with Gasteiger partial charge in [0.25, 0.3) is 0 Å². The van der Waals surface area contributed by atoms with Crippen molar-refractivity contribution in [3.05, 3.63) is 0 Å². The van der Waals surface area contributed by atoms with Crippen molar-refractivity contribution in [1.29, 1.82) is 0 Å². The van der Waals surface area contributed by atoms with Gasteiger partial charge in [0.1, 0.15) is 0 Å². The third-order valence-corrected chi connectivity index (χ3v) is 3.50. The van der Waals surface area contributed by atoms with E-state index in [1.165, 1.54) is 12.8 Å². The second-order valence-corrected chi connectivity index (χ2v) is 6.14. The SMILES string of the molecule is COCCOCCC(CNC1CC1)C(C)(C)C. The van der Waals surface area contributed by atoms with Gasteiger partial charge in [-0.2, -0.15) is 0 Å². The molecule has 0 heterocycles. The fourth-order valence-corrected chi connectivity index (χ4v) is 1.91. The summed E-state index contributed by atoms with van der Waals surface area (Å²) >= 11 is 0. The number of hydrogen-bond acceptors (Lipinski definition) is 3. The van der Waals surface area contributed by atoms with E-state index in [0.717, 1.165) is 25.6 Å². The second kappa shape index (κ2) is 7.34. The zero-order chi connectivity index (χ0) is 12.7. The van der Waals surface area contributed by atoms with Crippen LogP contribution < -0.4 is 5.32 Å². The first-order chi connectivity index (χ1) is 8.04. The Bertz CT molecular complexity index is 197. The molecular formula is C14H29NO2. The van der Waals surface area contributed by atoms with Crippen LogP contribution in [0.5, 0.6) is 0 Å². The second-order valence-electron chi connectivity index (χ2n) is 6.14. The van der Waals surface area contributed by atoms with Gasteiger partial charge in [0.2, 0.25) is 0 Å². The minimum atomic E-state index is 0.354. The molecule has 0 radical (unpaired) electrons. The highest BCUT2D eigenvalue weighted by Crippen LogP contribution is 2.29. The predicted octanol–water partition coefficient (Wildman–Crippen LogP) is 2.45. The Hall–Kier alpha value is -0.120. The molecule has 0 aliphatic heterocycles. The van der Waals surface area contributed by atoms with Crippen molar-refractivity contribution in [2.45, 2.75) is 46.1 Å². The first-order valence-electron chi connectivity index (χ1n) is 6.84. The average molecular weight is 243 g/mol. The summed E-state index contributed by atoms with van der Waals surface area (Å²) in [6.07, 6.45) is 3.86. The standard InChI is InChI=1S/C14H29NO2/c1-14(2,3)12(11-15-13-5-6-13)7-8-17-10-9-16-4/h12-13,15H,5-11H2,1-4H3. The van der Waals surface area contributed by atoms with Gasteiger partial charge in [0, 0.05) is 19.8 Å². The van der Waals surface area contributed by atoms with Gasteiger partial charge in [-0.25, -0.2) is 0 Å². The van der Waals surface area contributed by atoms with Gasteiger partial charge in [-0.15, -0.1) is 0 Å². The summed E-state index contributed by atoms with van der Waals surface area (Å²) < 4.78 is 10.5. The van der Waals surface area contributed by atoms with Gasteiger partial charge in [0.05, 0.1) is 13.2 Å². The lowest BCUT2D eigenvalue weighted by atomic mass is 9.79. The fraction of sp³-hybridized carbons (Fsp3) is 1.00. The van der Waals surface area contributed by atoms with E-state index in [1.54, 1.807) is 7.11 Å². The maximum absolute atomic E-state index is 5.57. The van der Waals surface area contributed by atoms with Gasteiger partial charge >= 0.3 is 0 Å². The van der Waals surface area contributed by atoms with Crippen molar-refractivity contribution >= 4 is 0 Å². The number of rotatable bonds is 9. The molecule has 0 aromatic rings. The molecule has 1 aliphatic rings. The van der Waals surface area contributed by atoms with E-state index < -0.39 is 0 Å². The van der Waals surface area contributed by atoms with Gasteiger partial charge in [-0.3, -0.25) is 0 Å². The van der Waals surface area contributed by atoms with Crippen molar-refractivity contribution in [2.75, 3.05) is 33.5 Å². The summed E-state index contributed by atoms with van der Waals surface area (Å²) in [4.78, 5) is 0. The van der Waals surface area contributed by atoms with Crippen LogP contribution in [0.2, 0.25) is 0 Å². The first kappa shape index (κ1) is 14.9. The quantitative estimate of drug-likeness (QED) is 0.631. The monoisotopic (exact) mass is 243 g/mol. The van der Waals surface area contributed by atoms with E-state index in [2.05, 4.69) is 26.1 Å². The molecule has 0 bridgehead atoms. The molecule has 0 aromatic carbocycles. The molecular weight excluding hydrogens is 214 g/mol. The third-order valence-electron chi connectivity index (χ3n) is 3.50. The Balaban J connectivity index is 2.15. The molecule has 1 saturated carbocycles. The number of ether oxygens (including phenoxy) is 2. The highest BCUT2D eigenvalue weighted by atomic mass is 16.5. The molecule has 0 saturated heterocycles. The zero-order valence-corrected chi connectivity index (χ0v) is 11.9. The summed E-state index contributed by atoms with van der Waals surface area (Å²) in [5, 5.41) is 3.64. The van der Waals surface area contributed by atoms with E-state index in [-0.39, 0.29) is 0 Å². The van der Waals surface area contributed by atoms with Gasteiger partial charge in [-0.1, -0.05) is 20.8 Å². The van der Waals surface area contributed by atoms with Crippen LogP contribution in [0, 0.1) is 11.3 Å². The van der Waals surface area contributed by atoms with Crippen LogP contribution in [0.3, 0.4) is 0 Å². The average Bonchev–Trinajstić information content (AvgIpc) is 3.04. The summed E-state index contributed by atoms with van der Waals surface area (Å²) in [7, 11) is 1.71. The van der Waals surface area contributed by atoms with Crippen LogP contribution in [0.1, 0.15) is 40.0 Å². The largest absolute Gasteiger partial charge is 0.382 e. The smallest absolute Gasteiger partial charge is 0.0700 e. The minimum Gasteiger partial charge on any atom is -0.382 e. The molecule has 1 atom stereocenters. The van der Waals surface area contributed by atoms with E-state index in [4.69, 9.17) is 9.47 Å². The van der Waals surface area contributed by atoms with E-state index in [0.29, 0.717) is 24.5 Å². The molecule has 0 amide bonds. The van der Waals surface area contributed by atoms with Crippen LogP contribution in [0.15, 0.2) is 0 Å². The van der Waals surface area contributed by atoms with Crippen LogP contribution in [0.25, 0.3) is 0 Å². The minimum absolute atomic E-state index is 0.354. The van der Waals surface area contributed by atoms with E-state index in [1.807, 2.05) is 0 Å². The van der Waals surface area contributed by atoms with Gasteiger partial charge in [0.15, 0.2) is 0 Å². The van der Waals surface area contributed by atoms with E-state index in [9.17, 15) is 0 Å². The molecule has 1 aliphatic carbocycles. The van der Waals surface area contributed by atoms with Crippen LogP contribution in [0.4, 0.5) is 0 Å². The predicted molar refractivity (Wildman–Crippen MR) is 71.3 cm³/mol. The lowest BCUT2D eigenvalue weighted by Gasteiger charge is -2.31. The maximum atomic E-state index is 5.57. The molecule has 1 fully saturated rings. The fourth-order valence-electron chi connectivity index (χ4n) is 1.91. The molecule has 3 nitrogen and oxygen atoms in total. The third kappa shape index (κ3) is 7.02. The Morgan fingerprint density at radius 3 is 2.41 bits per heavy atom. The van der Waals surface area contributed by atoms with Crippen LogP contribution >= 0.6 is 0 Å². The first-order valence-corrected chi connectivity index (χ1v) is 6.84. The Kier molecular flexibility index (Phi) is 6.45. The zero-order valence-electron chi connectivity index (χ0n) is 11.9. The van der Waals surface area contributed by atoms with Crippen LogP contribution in [-0.2, 0) is 9.47 Å². The van der Waals surface area contributed by atoms with Crippen molar-refractivity contribution in [3.8, 4) is 0 Å². The number of hydrogen-bond donors (Lipinski definition) is 1. The summed E-state index contributed by atoms with van der Waals surface area (Å²) in [5.41, 5.74) is 0.354. The Morgan fingerprint density at radius 2 is 1.88 bits per heavy atom. The molecule has 17 heavy (non-hydrogen) atoms. The van der Waals surface area contributed by atoms with Gasteiger partial charge in [-0.05, 0) is 37.1 Å². The van der Waals surface area contributed by atoms with Crippen molar-refractivity contribution in [2.24, 2.45) is 11.3 Å². The topological polar surface area (TPSA) is 30.5 Å². The van der Waals surface area contributed by atoms with Crippen LogP contribution in [-0.4, -0.2) is 39.5 Å². The lowest BCUT2D eigenvalue weighted by Crippen LogP contribution is -2.33. The highest BCUT2D eigenvalue weighted by molar-refractivity contribution is 4.84. The van der Waals surface area contributed by atoms with E-state index >= 15 is 0 Å².